The maximum absolute atomic E-state index is 5.90. The van der Waals surface area contributed by atoms with Crippen molar-refractivity contribution in [2.75, 3.05) is 12.3 Å². The van der Waals surface area contributed by atoms with E-state index in [2.05, 4.69) is 36.2 Å². The fraction of sp³-hybridized carbons (Fsp3) is 0.125. The number of para-hydroxylation sites is 1. The van der Waals surface area contributed by atoms with Gasteiger partial charge in [0.05, 0.1) is 0 Å². The summed E-state index contributed by atoms with van der Waals surface area (Å²) in [5, 5.41) is 3.31. The van der Waals surface area contributed by atoms with Crippen LogP contribution in [0.15, 0.2) is 61.2 Å². The van der Waals surface area contributed by atoms with Crippen LogP contribution in [-0.2, 0) is 6.42 Å². The molecule has 2 heteroatoms. The van der Waals surface area contributed by atoms with Crippen molar-refractivity contribution in [3.05, 3.63) is 72.3 Å². The number of benzene rings is 2. The Morgan fingerprint density at radius 1 is 1.00 bits per heavy atom. The van der Waals surface area contributed by atoms with E-state index in [1.54, 1.807) is 0 Å². The van der Waals surface area contributed by atoms with Gasteiger partial charge >= 0.3 is 0 Å². The molecular formula is C16H18N2. The molecule has 0 spiro atoms. The predicted molar refractivity (Wildman–Crippen MR) is 78.0 cm³/mol. The van der Waals surface area contributed by atoms with E-state index < -0.39 is 0 Å². The summed E-state index contributed by atoms with van der Waals surface area (Å²) in [5.74, 6) is 0. The molecule has 2 aromatic carbocycles. The van der Waals surface area contributed by atoms with E-state index >= 15 is 0 Å². The zero-order valence-corrected chi connectivity index (χ0v) is 10.4. The molecule has 0 aliphatic carbocycles. The van der Waals surface area contributed by atoms with Gasteiger partial charge in [-0.3, -0.25) is 0 Å². The minimum atomic E-state index is 0.759. The third-order valence-electron chi connectivity index (χ3n) is 2.88. The van der Waals surface area contributed by atoms with Crippen molar-refractivity contribution in [3.63, 3.8) is 0 Å². The molecule has 3 N–H and O–H groups in total. The highest BCUT2D eigenvalue weighted by Gasteiger charge is 2.01. The second-order valence-electron chi connectivity index (χ2n) is 4.23. The first-order chi connectivity index (χ1) is 8.77. The van der Waals surface area contributed by atoms with Gasteiger partial charge in [0.25, 0.3) is 0 Å². The molecule has 0 radical (unpaired) electrons. The van der Waals surface area contributed by atoms with Crippen molar-refractivity contribution in [1.82, 2.24) is 5.32 Å². The highest BCUT2D eigenvalue weighted by Crippen LogP contribution is 2.17. The molecule has 0 saturated heterocycles. The van der Waals surface area contributed by atoms with Crippen LogP contribution in [0.1, 0.15) is 11.1 Å². The number of nitrogen functional groups attached to an aromatic ring is 1. The summed E-state index contributed by atoms with van der Waals surface area (Å²) in [6, 6.07) is 18.2. The molecule has 0 aliphatic rings. The third kappa shape index (κ3) is 3.14. The first-order valence-electron chi connectivity index (χ1n) is 6.09. The molecular weight excluding hydrogens is 220 g/mol. The Hall–Kier alpha value is -2.22. The molecule has 0 aliphatic heterocycles. The second-order valence-corrected chi connectivity index (χ2v) is 4.23. The molecule has 0 aromatic heterocycles. The lowest BCUT2D eigenvalue weighted by molar-refractivity contribution is 0.849. The molecule has 0 fully saturated rings. The standard InChI is InChI=1S/C16H18N2/c1-13(15-9-5-6-10-16(15)17)18-12-11-14-7-3-2-4-8-14/h2-10,18H,1,11-12,17H2. The van der Waals surface area contributed by atoms with E-state index in [0.29, 0.717) is 0 Å². The van der Waals surface area contributed by atoms with Crippen LogP contribution >= 0.6 is 0 Å². The molecule has 0 bridgehead atoms. The second kappa shape index (κ2) is 5.92. The molecule has 2 nitrogen and oxygen atoms in total. The van der Waals surface area contributed by atoms with E-state index in [-0.39, 0.29) is 0 Å². The molecule has 2 rings (SSSR count). The van der Waals surface area contributed by atoms with Crippen LogP contribution in [0.5, 0.6) is 0 Å². The summed E-state index contributed by atoms with van der Waals surface area (Å²) in [6.07, 6.45) is 0.979. The van der Waals surface area contributed by atoms with Crippen molar-refractivity contribution >= 4 is 11.4 Å². The Morgan fingerprint density at radius 2 is 1.67 bits per heavy atom. The average Bonchev–Trinajstić information content (AvgIpc) is 2.40. The highest BCUT2D eigenvalue weighted by molar-refractivity contribution is 5.72. The van der Waals surface area contributed by atoms with E-state index in [1.165, 1.54) is 5.56 Å². The number of nitrogens with one attached hydrogen (secondary N) is 1. The monoisotopic (exact) mass is 238 g/mol. The van der Waals surface area contributed by atoms with Gasteiger partial charge in [0.15, 0.2) is 0 Å². The molecule has 0 saturated carbocycles. The summed E-state index contributed by atoms with van der Waals surface area (Å²) in [6.45, 7) is 4.88. The van der Waals surface area contributed by atoms with Crippen molar-refractivity contribution in [2.24, 2.45) is 0 Å². The van der Waals surface area contributed by atoms with Gasteiger partial charge in [-0.2, -0.15) is 0 Å². The summed E-state index contributed by atoms with van der Waals surface area (Å²) in [5.41, 5.74) is 9.84. The van der Waals surface area contributed by atoms with Crippen LogP contribution in [0.25, 0.3) is 5.70 Å². The maximum Gasteiger partial charge on any atom is 0.0408 e. The molecule has 92 valence electrons. The zero-order chi connectivity index (χ0) is 12.8. The molecule has 0 amide bonds. The summed E-state index contributed by atoms with van der Waals surface area (Å²) in [7, 11) is 0. The zero-order valence-electron chi connectivity index (χ0n) is 10.4. The molecule has 0 heterocycles. The number of anilines is 1. The summed E-state index contributed by atoms with van der Waals surface area (Å²) < 4.78 is 0. The fourth-order valence-electron chi connectivity index (χ4n) is 1.87. The van der Waals surface area contributed by atoms with Crippen LogP contribution in [0.3, 0.4) is 0 Å². The topological polar surface area (TPSA) is 38.0 Å². The van der Waals surface area contributed by atoms with Gasteiger partial charge in [-0.15, -0.1) is 0 Å². The van der Waals surface area contributed by atoms with Crippen molar-refractivity contribution in [3.8, 4) is 0 Å². The fourth-order valence-corrected chi connectivity index (χ4v) is 1.87. The summed E-state index contributed by atoms with van der Waals surface area (Å²) in [4.78, 5) is 0. The smallest absolute Gasteiger partial charge is 0.0408 e. The Kier molecular flexibility index (Phi) is 4.02. The van der Waals surface area contributed by atoms with E-state index in [1.807, 2.05) is 30.3 Å². The largest absolute Gasteiger partial charge is 0.398 e. The van der Waals surface area contributed by atoms with E-state index in [9.17, 15) is 0 Å². The lowest BCUT2D eigenvalue weighted by Crippen LogP contribution is -2.15. The van der Waals surface area contributed by atoms with Gasteiger partial charge in [0, 0.05) is 23.5 Å². The Labute approximate surface area is 108 Å². The molecule has 0 unspecified atom stereocenters. The minimum Gasteiger partial charge on any atom is -0.398 e. The van der Waals surface area contributed by atoms with Gasteiger partial charge in [-0.05, 0) is 18.1 Å². The predicted octanol–water partition coefficient (Wildman–Crippen LogP) is 3.07. The van der Waals surface area contributed by atoms with Gasteiger partial charge in [-0.1, -0.05) is 55.1 Å². The Morgan fingerprint density at radius 3 is 2.39 bits per heavy atom. The normalized spacial score (nSPS) is 10.0. The lowest BCUT2D eigenvalue weighted by Gasteiger charge is -2.11. The first kappa shape index (κ1) is 12.2. The van der Waals surface area contributed by atoms with E-state index in [0.717, 1.165) is 29.9 Å². The average molecular weight is 238 g/mol. The number of nitrogens with two attached hydrogens (primary N) is 1. The quantitative estimate of drug-likeness (QED) is 0.786. The number of hydrogen-bond donors (Lipinski definition) is 2. The third-order valence-corrected chi connectivity index (χ3v) is 2.88. The number of rotatable bonds is 5. The van der Waals surface area contributed by atoms with Crippen molar-refractivity contribution in [1.29, 1.82) is 0 Å². The highest BCUT2D eigenvalue weighted by atomic mass is 14.9. The molecule has 18 heavy (non-hydrogen) atoms. The van der Waals surface area contributed by atoms with Crippen LogP contribution < -0.4 is 11.1 Å². The SMILES string of the molecule is C=C(NCCc1ccccc1)c1ccccc1N. The van der Waals surface area contributed by atoms with Gasteiger partial charge in [0.2, 0.25) is 0 Å². The molecule has 0 atom stereocenters. The van der Waals surface area contributed by atoms with Crippen LogP contribution in [0.2, 0.25) is 0 Å². The first-order valence-corrected chi connectivity index (χ1v) is 6.09. The molecule has 2 aromatic rings. The maximum atomic E-state index is 5.90. The Bertz CT molecular complexity index is 518. The van der Waals surface area contributed by atoms with Crippen LogP contribution in [0.4, 0.5) is 5.69 Å². The van der Waals surface area contributed by atoms with Gasteiger partial charge in [0.1, 0.15) is 0 Å². The summed E-state index contributed by atoms with van der Waals surface area (Å²) >= 11 is 0. The van der Waals surface area contributed by atoms with Crippen LogP contribution in [-0.4, -0.2) is 6.54 Å². The van der Waals surface area contributed by atoms with Gasteiger partial charge in [-0.25, -0.2) is 0 Å². The van der Waals surface area contributed by atoms with Crippen molar-refractivity contribution in [2.45, 2.75) is 6.42 Å². The lowest BCUT2D eigenvalue weighted by atomic mass is 10.1. The van der Waals surface area contributed by atoms with Crippen molar-refractivity contribution < 1.29 is 0 Å². The Balaban J connectivity index is 1.88. The van der Waals surface area contributed by atoms with E-state index in [4.69, 9.17) is 5.73 Å². The number of hydrogen-bond acceptors (Lipinski definition) is 2. The van der Waals surface area contributed by atoms with Crippen LogP contribution in [0, 0.1) is 0 Å². The minimum absolute atomic E-state index is 0.759. The van der Waals surface area contributed by atoms with Gasteiger partial charge < -0.3 is 11.1 Å².